The van der Waals surface area contributed by atoms with Crippen LogP contribution >= 0.6 is 0 Å². The summed E-state index contributed by atoms with van der Waals surface area (Å²) in [5.74, 6) is 1.54. The standard InChI is InChI=1S/C12H22N4O/c1-2-13-9-11-15-16-12(17-11)14-8-7-10-5-3-4-6-10/h10,13H,2-9H2,1H3,(H,14,16). The second-order valence-electron chi connectivity index (χ2n) is 4.65. The minimum Gasteiger partial charge on any atom is -0.407 e. The van der Waals surface area contributed by atoms with Crippen LogP contribution in [0.3, 0.4) is 0 Å². The van der Waals surface area contributed by atoms with Crippen LogP contribution in [0.5, 0.6) is 0 Å². The number of nitrogens with one attached hydrogen (secondary N) is 2. The summed E-state index contributed by atoms with van der Waals surface area (Å²) in [5, 5.41) is 14.3. The van der Waals surface area contributed by atoms with Crippen LogP contribution in [0.4, 0.5) is 6.01 Å². The predicted octanol–water partition coefficient (Wildman–Crippen LogP) is 2.17. The third-order valence-electron chi connectivity index (χ3n) is 3.30. The lowest BCUT2D eigenvalue weighted by atomic mass is 10.0. The maximum Gasteiger partial charge on any atom is 0.315 e. The summed E-state index contributed by atoms with van der Waals surface area (Å²) < 4.78 is 5.45. The zero-order valence-electron chi connectivity index (χ0n) is 10.5. The van der Waals surface area contributed by atoms with Crippen LogP contribution in [-0.2, 0) is 6.54 Å². The first kappa shape index (κ1) is 12.4. The van der Waals surface area contributed by atoms with E-state index in [1.165, 1.54) is 32.1 Å². The molecule has 2 rings (SSSR count). The molecule has 1 aliphatic carbocycles. The van der Waals surface area contributed by atoms with Gasteiger partial charge in [0.2, 0.25) is 5.89 Å². The van der Waals surface area contributed by atoms with E-state index in [0.717, 1.165) is 19.0 Å². The Morgan fingerprint density at radius 2 is 2.12 bits per heavy atom. The molecule has 0 amide bonds. The topological polar surface area (TPSA) is 63.0 Å². The van der Waals surface area contributed by atoms with E-state index in [2.05, 4.69) is 27.8 Å². The van der Waals surface area contributed by atoms with Gasteiger partial charge in [-0.2, -0.15) is 0 Å². The summed E-state index contributed by atoms with van der Waals surface area (Å²) in [5.41, 5.74) is 0. The van der Waals surface area contributed by atoms with Crippen LogP contribution in [-0.4, -0.2) is 23.3 Å². The van der Waals surface area contributed by atoms with Crippen LogP contribution in [0.25, 0.3) is 0 Å². The number of aromatic nitrogens is 2. The number of rotatable bonds is 7. The Hall–Kier alpha value is -1.10. The van der Waals surface area contributed by atoms with E-state index >= 15 is 0 Å². The van der Waals surface area contributed by atoms with Crippen molar-refractivity contribution in [2.24, 2.45) is 5.92 Å². The molecular formula is C12H22N4O. The summed E-state index contributed by atoms with van der Waals surface area (Å²) in [6.45, 7) is 4.55. The molecule has 1 aromatic heterocycles. The average molecular weight is 238 g/mol. The summed E-state index contributed by atoms with van der Waals surface area (Å²) in [6, 6.07) is 0.552. The summed E-state index contributed by atoms with van der Waals surface area (Å²) in [7, 11) is 0. The van der Waals surface area contributed by atoms with Crippen molar-refractivity contribution in [2.75, 3.05) is 18.4 Å². The third-order valence-corrected chi connectivity index (χ3v) is 3.30. The van der Waals surface area contributed by atoms with E-state index < -0.39 is 0 Å². The van der Waals surface area contributed by atoms with Crippen molar-refractivity contribution in [3.63, 3.8) is 0 Å². The largest absolute Gasteiger partial charge is 0.407 e. The van der Waals surface area contributed by atoms with Crippen LogP contribution < -0.4 is 10.6 Å². The lowest BCUT2D eigenvalue weighted by Gasteiger charge is -2.07. The molecule has 96 valence electrons. The van der Waals surface area contributed by atoms with E-state index in [9.17, 15) is 0 Å². The lowest BCUT2D eigenvalue weighted by Crippen LogP contribution is -2.11. The first-order chi connectivity index (χ1) is 8.38. The first-order valence-corrected chi connectivity index (χ1v) is 6.65. The van der Waals surface area contributed by atoms with E-state index in [4.69, 9.17) is 4.42 Å². The molecule has 0 saturated heterocycles. The van der Waals surface area contributed by atoms with Gasteiger partial charge in [0, 0.05) is 6.54 Å². The molecule has 0 bridgehead atoms. The first-order valence-electron chi connectivity index (χ1n) is 6.65. The number of nitrogens with zero attached hydrogens (tertiary/aromatic N) is 2. The molecule has 17 heavy (non-hydrogen) atoms. The number of hydrogen-bond donors (Lipinski definition) is 2. The molecule has 0 atom stereocenters. The smallest absolute Gasteiger partial charge is 0.315 e. The van der Waals surface area contributed by atoms with Gasteiger partial charge in [-0.15, -0.1) is 5.10 Å². The fourth-order valence-corrected chi connectivity index (χ4v) is 2.31. The molecule has 5 heteroatoms. The summed E-state index contributed by atoms with van der Waals surface area (Å²) in [4.78, 5) is 0. The van der Waals surface area contributed by atoms with Crippen molar-refractivity contribution in [3.05, 3.63) is 5.89 Å². The highest BCUT2D eigenvalue weighted by Crippen LogP contribution is 2.27. The molecule has 0 spiro atoms. The molecule has 1 fully saturated rings. The van der Waals surface area contributed by atoms with Crippen molar-refractivity contribution >= 4 is 6.01 Å². The minimum atomic E-state index is 0.552. The quantitative estimate of drug-likeness (QED) is 0.762. The average Bonchev–Trinajstić information content (AvgIpc) is 2.98. The monoisotopic (exact) mass is 238 g/mol. The lowest BCUT2D eigenvalue weighted by molar-refractivity contribution is 0.474. The highest BCUT2D eigenvalue weighted by molar-refractivity contribution is 5.16. The van der Waals surface area contributed by atoms with Gasteiger partial charge in [-0.1, -0.05) is 37.7 Å². The van der Waals surface area contributed by atoms with Gasteiger partial charge in [0.05, 0.1) is 6.54 Å². The predicted molar refractivity (Wildman–Crippen MR) is 66.7 cm³/mol. The molecule has 0 radical (unpaired) electrons. The van der Waals surface area contributed by atoms with Gasteiger partial charge in [-0.25, -0.2) is 0 Å². The van der Waals surface area contributed by atoms with E-state index in [-0.39, 0.29) is 0 Å². The Balaban J connectivity index is 1.65. The molecule has 1 saturated carbocycles. The van der Waals surface area contributed by atoms with Crippen molar-refractivity contribution in [2.45, 2.75) is 45.6 Å². The molecular weight excluding hydrogens is 216 g/mol. The van der Waals surface area contributed by atoms with Crippen molar-refractivity contribution in [1.29, 1.82) is 0 Å². The van der Waals surface area contributed by atoms with E-state index in [1.807, 2.05) is 0 Å². The summed E-state index contributed by atoms with van der Waals surface area (Å²) >= 11 is 0. The fraction of sp³-hybridized carbons (Fsp3) is 0.833. The molecule has 2 N–H and O–H groups in total. The van der Waals surface area contributed by atoms with Crippen molar-refractivity contribution < 1.29 is 4.42 Å². The molecule has 0 aliphatic heterocycles. The zero-order valence-corrected chi connectivity index (χ0v) is 10.5. The maximum atomic E-state index is 5.45. The Bertz CT molecular complexity index is 320. The molecule has 1 aromatic rings. The Kier molecular flexibility index (Phi) is 4.79. The molecule has 0 unspecified atom stereocenters. The highest BCUT2D eigenvalue weighted by Gasteiger charge is 2.14. The molecule has 5 nitrogen and oxygen atoms in total. The molecule has 1 aliphatic rings. The van der Waals surface area contributed by atoms with Crippen LogP contribution in [0.15, 0.2) is 4.42 Å². The van der Waals surface area contributed by atoms with Gasteiger partial charge in [0.1, 0.15) is 0 Å². The second-order valence-corrected chi connectivity index (χ2v) is 4.65. The Morgan fingerprint density at radius 3 is 2.88 bits per heavy atom. The number of anilines is 1. The van der Waals surface area contributed by atoms with Gasteiger partial charge in [0.15, 0.2) is 0 Å². The Labute approximate surface area is 102 Å². The molecule has 0 aromatic carbocycles. The van der Waals surface area contributed by atoms with Crippen molar-refractivity contribution in [1.82, 2.24) is 15.5 Å². The van der Waals surface area contributed by atoms with Gasteiger partial charge >= 0.3 is 6.01 Å². The number of hydrogen-bond acceptors (Lipinski definition) is 5. The Morgan fingerprint density at radius 1 is 1.29 bits per heavy atom. The van der Waals surface area contributed by atoms with E-state index in [1.54, 1.807) is 0 Å². The normalized spacial score (nSPS) is 16.5. The van der Waals surface area contributed by atoms with E-state index in [0.29, 0.717) is 18.5 Å². The summed E-state index contributed by atoms with van der Waals surface area (Å²) in [6.07, 6.45) is 6.79. The SMILES string of the molecule is CCNCc1nnc(NCCC2CCCC2)o1. The second kappa shape index (κ2) is 6.59. The fourth-order valence-electron chi connectivity index (χ4n) is 2.31. The third kappa shape index (κ3) is 4.00. The van der Waals surface area contributed by atoms with Gasteiger partial charge in [-0.05, 0) is 18.9 Å². The van der Waals surface area contributed by atoms with Crippen LogP contribution in [0.1, 0.15) is 44.9 Å². The van der Waals surface area contributed by atoms with Gasteiger partial charge in [0.25, 0.3) is 0 Å². The van der Waals surface area contributed by atoms with Gasteiger partial charge in [-0.3, -0.25) is 0 Å². The molecule has 1 heterocycles. The van der Waals surface area contributed by atoms with Gasteiger partial charge < -0.3 is 15.1 Å². The maximum absolute atomic E-state index is 5.45. The highest BCUT2D eigenvalue weighted by atomic mass is 16.4. The zero-order chi connectivity index (χ0) is 11.9. The van der Waals surface area contributed by atoms with Crippen LogP contribution in [0, 0.1) is 5.92 Å². The van der Waals surface area contributed by atoms with Crippen molar-refractivity contribution in [3.8, 4) is 0 Å². The minimum absolute atomic E-state index is 0.552. The van der Waals surface area contributed by atoms with Crippen LogP contribution in [0.2, 0.25) is 0 Å².